The highest BCUT2D eigenvalue weighted by Gasteiger charge is 2.45. The van der Waals surface area contributed by atoms with Gasteiger partial charge in [-0.2, -0.15) is 0 Å². The second-order valence-corrected chi connectivity index (χ2v) is 9.49. The zero-order valence-corrected chi connectivity index (χ0v) is 21.0. The average Bonchev–Trinajstić information content (AvgIpc) is 3.56. The van der Waals surface area contributed by atoms with Gasteiger partial charge in [-0.15, -0.1) is 5.10 Å². The van der Waals surface area contributed by atoms with Crippen LogP contribution in [0.1, 0.15) is 22.9 Å². The minimum Gasteiger partial charge on any atom is -0.394 e. The lowest BCUT2D eigenvalue weighted by Crippen LogP contribution is -2.56. The molecule has 18 heteroatoms. The van der Waals surface area contributed by atoms with E-state index in [4.69, 9.17) is 9.47 Å². The predicted octanol–water partition coefficient (Wildman–Crippen LogP) is -4.79. The lowest BCUT2D eigenvalue weighted by Gasteiger charge is -2.39. The average molecular weight is 578 g/mol. The Labute approximate surface area is 229 Å². The van der Waals surface area contributed by atoms with Gasteiger partial charge < -0.3 is 45.4 Å². The molecule has 0 radical (unpaired) electrons. The highest BCUT2D eigenvalue weighted by molar-refractivity contribution is 5.92. The van der Waals surface area contributed by atoms with Gasteiger partial charge in [-0.05, 0) is 12.1 Å². The molecular formula is C23H27N7O11. The SMILES string of the molecule is O=C(NC[C@H]1O[C@@H](n2ccc(=O)[nH]c2=O)[C@H](O)[C@@H]1O)c1cccc(-c2cn([C@@H]3O[C@H](CO)[C@@H](O)[C@H](O)[C@H]3O)nn2)n1. The summed E-state index contributed by atoms with van der Waals surface area (Å²) in [6.07, 6.45) is -10.1. The van der Waals surface area contributed by atoms with E-state index >= 15 is 0 Å². The third-order valence-electron chi connectivity index (χ3n) is 6.81. The van der Waals surface area contributed by atoms with Gasteiger partial charge in [0.25, 0.3) is 11.5 Å². The standard InChI is InChI=1S/C23H27N7O11/c31-8-13-16(34)17(35)19(37)22(41-13)30-7-11(27-28-30)9-2-1-3-10(25-9)20(38)24-6-12-15(33)18(36)21(40-12)29-5-4-14(32)26-23(29)39/h1-5,7,12-13,15-19,21-22,31,33-37H,6,8H2,(H,24,38)(H,26,32,39)/t12-,13-,15-,16-,17+,18-,19-,21-,22-/m1/s1. The van der Waals surface area contributed by atoms with Crippen LogP contribution in [0.5, 0.6) is 0 Å². The van der Waals surface area contributed by atoms with E-state index < -0.39 is 78.9 Å². The van der Waals surface area contributed by atoms with E-state index in [9.17, 15) is 45.0 Å². The molecule has 0 saturated carbocycles. The summed E-state index contributed by atoms with van der Waals surface area (Å²) in [4.78, 5) is 42.4. The zero-order valence-electron chi connectivity index (χ0n) is 21.0. The van der Waals surface area contributed by atoms with Crippen LogP contribution < -0.4 is 16.6 Å². The second kappa shape index (κ2) is 11.5. The van der Waals surface area contributed by atoms with Crippen molar-refractivity contribution in [1.29, 1.82) is 0 Å². The van der Waals surface area contributed by atoms with Gasteiger partial charge >= 0.3 is 5.69 Å². The molecule has 3 aromatic heterocycles. The Bertz CT molecular complexity index is 1510. The van der Waals surface area contributed by atoms with Crippen molar-refractivity contribution in [2.45, 2.75) is 55.2 Å². The molecule has 0 aromatic carbocycles. The van der Waals surface area contributed by atoms with E-state index in [1.54, 1.807) is 0 Å². The first-order valence-corrected chi connectivity index (χ1v) is 12.4. The predicted molar refractivity (Wildman–Crippen MR) is 132 cm³/mol. The van der Waals surface area contributed by atoms with Crippen LogP contribution in [0.25, 0.3) is 11.4 Å². The van der Waals surface area contributed by atoms with Crippen molar-refractivity contribution in [2.75, 3.05) is 13.2 Å². The third-order valence-corrected chi connectivity index (χ3v) is 6.81. The molecule has 0 unspecified atom stereocenters. The summed E-state index contributed by atoms with van der Waals surface area (Å²) in [5, 5.41) is 70.8. The molecule has 220 valence electrons. The smallest absolute Gasteiger partial charge is 0.330 e. The van der Waals surface area contributed by atoms with Crippen molar-refractivity contribution >= 4 is 5.91 Å². The van der Waals surface area contributed by atoms with Crippen LogP contribution in [0.2, 0.25) is 0 Å². The van der Waals surface area contributed by atoms with Crippen LogP contribution in [0.4, 0.5) is 0 Å². The van der Waals surface area contributed by atoms with Crippen LogP contribution in [-0.2, 0) is 9.47 Å². The Kier molecular flexibility index (Phi) is 8.07. The number of ether oxygens (including phenoxy) is 2. The molecule has 5 rings (SSSR count). The second-order valence-electron chi connectivity index (χ2n) is 9.49. The topological polar surface area (TPSA) is 267 Å². The number of H-pyrrole nitrogens is 1. The van der Waals surface area contributed by atoms with E-state index in [0.29, 0.717) is 0 Å². The molecule has 2 aliphatic heterocycles. The van der Waals surface area contributed by atoms with Crippen molar-refractivity contribution in [3.63, 3.8) is 0 Å². The molecular weight excluding hydrogens is 550 g/mol. The number of pyridine rings is 1. The summed E-state index contributed by atoms with van der Waals surface area (Å²) in [5.41, 5.74) is -1.16. The summed E-state index contributed by atoms with van der Waals surface area (Å²) < 4.78 is 13.0. The Morgan fingerprint density at radius 2 is 1.63 bits per heavy atom. The number of hydrogen-bond donors (Lipinski definition) is 8. The molecule has 2 saturated heterocycles. The van der Waals surface area contributed by atoms with Crippen LogP contribution in [-0.4, -0.2) is 122 Å². The van der Waals surface area contributed by atoms with Gasteiger partial charge in [-0.25, -0.2) is 14.5 Å². The number of nitrogens with one attached hydrogen (secondary N) is 2. The molecule has 8 N–H and O–H groups in total. The van der Waals surface area contributed by atoms with Crippen molar-refractivity contribution in [3.8, 4) is 11.4 Å². The number of carbonyl (C=O) groups is 1. The molecule has 1 amide bonds. The molecule has 0 spiro atoms. The van der Waals surface area contributed by atoms with Crippen LogP contribution in [0.3, 0.4) is 0 Å². The maximum absolute atomic E-state index is 12.8. The fourth-order valence-electron chi connectivity index (χ4n) is 4.56. The van der Waals surface area contributed by atoms with Crippen LogP contribution in [0, 0.1) is 0 Å². The van der Waals surface area contributed by atoms with Gasteiger partial charge in [0.15, 0.2) is 12.5 Å². The van der Waals surface area contributed by atoms with Crippen molar-refractivity contribution in [2.24, 2.45) is 0 Å². The summed E-state index contributed by atoms with van der Waals surface area (Å²) in [5.74, 6) is -0.664. The molecule has 3 aromatic rings. The fraction of sp³-hybridized carbons (Fsp3) is 0.478. The van der Waals surface area contributed by atoms with Crippen molar-refractivity contribution in [3.05, 3.63) is 63.2 Å². The highest BCUT2D eigenvalue weighted by Crippen LogP contribution is 2.29. The van der Waals surface area contributed by atoms with Gasteiger partial charge in [-0.1, -0.05) is 11.3 Å². The molecule has 2 fully saturated rings. The number of rotatable bonds is 7. The minimum absolute atomic E-state index is 0.0497. The Balaban J connectivity index is 1.25. The molecule has 9 atom stereocenters. The van der Waals surface area contributed by atoms with Gasteiger partial charge in [0.05, 0.1) is 18.5 Å². The number of aromatic amines is 1. The van der Waals surface area contributed by atoms with Gasteiger partial charge in [0.2, 0.25) is 0 Å². The summed E-state index contributed by atoms with van der Waals surface area (Å²) in [6.45, 7) is -0.874. The number of amides is 1. The van der Waals surface area contributed by atoms with Crippen LogP contribution >= 0.6 is 0 Å². The summed E-state index contributed by atoms with van der Waals surface area (Å²) >= 11 is 0. The Morgan fingerprint density at radius 3 is 2.37 bits per heavy atom. The van der Waals surface area contributed by atoms with Gasteiger partial charge in [-0.3, -0.25) is 19.1 Å². The van der Waals surface area contributed by atoms with Crippen molar-refractivity contribution < 1.29 is 44.9 Å². The quantitative estimate of drug-likeness (QED) is 0.131. The van der Waals surface area contributed by atoms with E-state index in [1.807, 2.05) is 4.98 Å². The number of aromatic nitrogens is 6. The zero-order chi connectivity index (χ0) is 29.4. The molecule has 0 bridgehead atoms. The van der Waals surface area contributed by atoms with Crippen molar-refractivity contribution in [1.82, 2.24) is 34.8 Å². The number of hydrogen-bond acceptors (Lipinski definition) is 14. The van der Waals surface area contributed by atoms with Crippen LogP contribution in [0.15, 0.2) is 46.2 Å². The number of carbonyl (C=O) groups excluding carboxylic acids is 1. The largest absolute Gasteiger partial charge is 0.394 e. The lowest BCUT2D eigenvalue weighted by molar-refractivity contribution is -0.254. The lowest BCUT2D eigenvalue weighted by atomic mass is 9.98. The first-order valence-electron chi connectivity index (χ1n) is 12.4. The molecule has 41 heavy (non-hydrogen) atoms. The van der Waals surface area contributed by atoms with E-state index in [2.05, 4.69) is 20.6 Å². The summed E-state index contributed by atoms with van der Waals surface area (Å²) in [7, 11) is 0. The number of aliphatic hydroxyl groups is 6. The maximum Gasteiger partial charge on any atom is 0.330 e. The van der Waals surface area contributed by atoms with E-state index in [1.165, 1.54) is 24.4 Å². The monoisotopic (exact) mass is 577 g/mol. The molecule has 2 aliphatic rings. The molecule has 0 aliphatic carbocycles. The fourth-order valence-corrected chi connectivity index (χ4v) is 4.56. The number of aliphatic hydroxyl groups excluding tert-OH is 6. The molecule has 18 nitrogen and oxygen atoms in total. The summed E-state index contributed by atoms with van der Waals surface area (Å²) in [6, 6.07) is 5.52. The Hall–Kier alpha value is -3.88. The first-order chi connectivity index (χ1) is 19.6. The Morgan fingerprint density at radius 1 is 0.927 bits per heavy atom. The maximum atomic E-state index is 12.8. The van der Waals surface area contributed by atoms with Gasteiger partial charge in [0.1, 0.15) is 54.1 Å². The first kappa shape index (κ1) is 28.6. The normalized spacial score (nSPS) is 31.7. The van der Waals surface area contributed by atoms with E-state index in [0.717, 1.165) is 21.5 Å². The minimum atomic E-state index is -1.61. The molecule has 5 heterocycles. The van der Waals surface area contributed by atoms with E-state index in [-0.39, 0.29) is 23.6 Å². The third kappa shape index (κ3) is 5.54. The van der Waals surface area contributed by atoms with Gasteiger partial charge in [0, 0.05) is 18.8 Å². The number of nitrogens with zero attached hydrogens (tertiary/aromatic N) is 5. The highest BCUT2D eigenvalue weighted by atomic mass is 16.6.